The molecule has 2 rings (SSSR count). The Morgan fingerprint density at radius 3 is 2.35 bits per heavy atom. The Labute approximate surface area is 182 Å². The van der Waals surface area contributed by atoms with E-state index in [4.69, 9.17) is 0 Å². The van der Waals surface area contributed by atoms with E-state index < -0.39 is 15.8 Å². The molecule has 2 amide bonds. The molecule has 0 fully saturated rings. The van der Waals surface area contributed by atoms with Gasteiger partial charge in [-0.2, -0.15) is 0 Å². The van der Waals surface area contributed by atoms with Crippen LogP contribution in [0.15, 0.2) is 47.4 Å². The van der Waals surface area contributed by atoms with Crippen LogP contribution in [0.3, 0.4) is 0 Å². The maximum absolute atomic E-state index is 13.8. The van der Waals surface area contributed by atoms with Gasteiger partial charge in [0.25, 0.3) is 10.0 Å². The van der Waals surface area contributed by atoms with E-state index in [0.29, 0.717) is 30.8 Å². The minimum Gasteiger partial charge on any atom is -0.343 e. The van der Waals surface area contributed by atoms with Gasteiger partial charge in [0.15, 0.2) is 0 Å². The number of hydrogen-bond donors (Lipinski definition) is 2. The molecule has 168 valence electrons. The molecule has 2 N–H and O–H groups in total. The summed E-state index contributed by atoms with van der Waals surface area (Å²) in [5.74, 6) is -1.00. The monoisotopic (exact) mass is 449 g/mol. The molecule has 0 atom stereocenters. The van der Waals surface area contributed by atoms with Crippen LogP contribution in [0, 0.1) is 12.7 Å². The van der Waals surface area contributed by atoms with E-state index in [1.165, 1.54) is 24.3 Å². The van der Waals surface area contributed by atoms with Crippen molar-refractivity contribution in [3.63, 3.8) is 0 Å². The SMILES string of the molecule is CCN(CC)C(=O)CCCC(=O)Nc1ccc(C)c(S(=O)(=O)Nc2ccccc2F)c1. The van der Waals surface area contributed by atoms with Gasteiger partial charge in [-0.1, -0.05) is 18.2 Å². The van der Waals surface area contributed by atoms with Crippen LogP contribution in [0.5, 0.6) is 0 Å². The topological polar surface area (TPSA) is 95.6 Å². The van der Waals surface area contributed by atoms with Gasteiger partial charge < -0.3 is 10.2 Å². The number of halogens is 1. The van der Waals surface area contributed by atoms with Crippen molar-refractivity contribution in [3.8, 4) is 0 Å². The van der Waals surface area contributed by atoms with Crippen molar-refractivity contribution in [2.24, 2.45) is 0 Å². The van der Waals surface area contributed by atoms with Crippen molar-refractivity contribution < 1.29 is 22.4 Å². The van der Waals surface area contributed by atoms with Crippen molar-refractivity contribution >= 4 is 33.2 Å². The first-order chi connectivity index (χ1) is 14.7. The van der Waals surface area contributed by atoms with E-state index in [-0.39, 0.29) is 35.2 Å². The molecule has 0 aromatic heterocycles. The number of benzene rings is 2. The van der Waals surface area contributed by atoms with Gasteiger partial charge in [0.1, 0.15) is 5.82 Å². The molecule has 7 nitrogen and oxygen atoms in total. The van der Waals surface area contributed by atoms with Gasteiger partial charge in [-0.05, 0) is 57.0 Å². The summed E-state index contributed by atoms with van der Waals surface area (Å²) in [5, 5.41) is 2.66. The second-order valence-corrected chi connectivity index (χ2v) is 8.68. The molecule has 9 heteroatoms. The number of sulfonamides is 1. The zero-order valence-electron chi connectivity index (χ0n) is 17.9. The number of para-hydroxylation sites is 1. The van der Waals surface area contributed by atoms with Crippen LogP contribution >= 0.6 is 0 Å². The van der Waals surface area contributed by atoms with Crippen molar-refractivity contribution in [2.45, 2.75) is 44.9 Å². The third kappa shape index (κ3) is 6.78. The normalized spacial score (nSPS) is 11.1. The molecule has 31 heavy (non-hydrogen) atoms. The molecule has 0 heterocycles. The van der Waals surface area contributed by atoms with Gasteiger partial charge in [0, 0.05) is 31.6 Å². The summed E-state index contributed by atoms with van der Waals surface area (Å²) >= 11 is 0. The van der Waals surface area contributed by atoms with Crippen LogP contribution in [0.4, 0.5) is 15.8 Å². The highest BCUT2D eigenvalue weighted by Crippen LogP contribution is 2.24. The third-order valence-corrected chi connectivity index (χ3v) is 6.30. The molecule has 2 aromatic rings. The van der Waals surface area contributed by atoms with Gasteiger partial charge in [0.2, 0.25) is 11.8 Å². The number of rotatable bonds is 10. The maximum atomic E-state index is 13.8. The van der Waals surface area contributed by atoms with Crippen molar-refractivity contribution in [1.82, 2.24) is 4.90 Å². The zero-order valence-corrected chi connectivity index (χ0v) is 18.8. The van der Waals surface area contributed by atoms with Crippen molar-refractivity contribution in [1.29, 1.82) is 0 Å². The summed E-state index contributed by atoms with van der Waals surface area (Å²) in [7, 11) is -4.06. The fourth-order valence-corrected chi connectivity index (χ4v) is 4.41. The van der Waals surface area contributed by atoms with E-state index in [2.05, 4.69) is 10.0 Å². The van der Waals surface area contributed by atoms with Crippen LogP contribution in [0.25, 0.3) is 0 Å². The summed E-state index contributed by atoms with van der Waals surface area (Å²) in [6.45, 7) is 6.67. The number of carbonyl (C=O) groups excluding carboxylic acids is 2. The van der Waals surface area contributed by atoms with E-state index in [1.807, 2.05) is 13.8 Å². The first-order valence-electron chi connectivity index (χ1n) is 10.1. The number of amides is 2. The number of nitrogens with one attached hydrogen (secondary N) is 2. The van der Waals surface area contributed by atoms with E-state index in [1.54, 1.807) is 24.0 Å². The molecule has 0 aliphatic heterocycles. The molecule has 0 spiro atoms. The summed E-state index contributed by atoms with van der Waals surface area (Å²) in [6, 6.07) is 9.96. The quantitative estimate of drug-likeness (QED) is 0.575. The molecule has 0 saturated heterocycles. The molecular formula is C22H28FN3O4S. The first-order valence-corrected chi connectivity index (χ1v) is 11.6. The second-order valence-electron chi connectivity index (χ2n) is 7.03. The molecular weight excluding hydrogens is 421 g/mol. The highest BCUT2D eigenvalue weighted by molar-refractivity contribution is 7.92. The number of nitrogens with zero attached hydrogens (tertiary/aromatic N) is 1. The first kappa shape index (κ1) is 24.3. The summed E-state index contributed by atoms with van der Waals surface area (Å²) < 4.78 is 41.6. The Hall–Kier alpha value is -2.94. The van der Waals surface area contributed by atoms with Crippen LogP contribution in [0.2, 0.25) is 0 Å². The predicted molar refractivity (Wildman–Crippen MR) is 119 cm³/mol. The molecule has 0 aliphatic carbocycles. The average Bonchev–Trinajstić information content (AvgIpc) is 2.72. The van der Waals surface area contributed by atoms with Gasteiger partial charge in [-0.25, -0.2) is 12.8 Å². The van der Waals surface area contributed by atoms with E-state index in [9.17, 15) is 22.4 Å². The second kappa shape index (κ2) is 10.9. The Kier molecular flexibility index (Phi) is 8.56. The van der Waals surface area contributed by atoms with E-state index in [0.717, 1.165) is 6.07 Å². The van der Waals surface area contributed by atoms with Gasteiger partial charge in [-0.3, -0.25) is 14.3 Å². The maximum Gasteiger partial charge on any atom is 0.262 e. The van der Waals surface area contributed by atoms with Gasteiger partial charge in [-0.15, -0.1) is 0 Å². The number of anilines is 2. The Morgan fingerprint density at radius 1 is 1.03 bits per heavy atom. The van der Waals surface area contributed by atoms with Crippen LogP contribution in [-0.2, 0) is 19.6 Å². The molecule has 2 aromatic carbocycles. The van der Waals surface area contributed by atoms with Gasteiger partial charge >= 0.3 is 0 Å². The molecule has 0 unspecified atom stereocenters. The molecule has 0 aliphatic rings. The lowest BCUT2D eigenvalue weighted by Gasteiger charge is -2.18. The highest BCUT2D eigenvalue weighted by Gasteiger charge is 2.20. The largest absolute Gasteiger partial charge is 0.343 e. The zero-order chi connectivity index (χ0) is 23.0. The fraction of sp³-hybridized carbons (Fsp3) is 0.364. The van der Waals surface area contributed by atoms with Crippen LogP contribution in [0.1, 0.15) is 38.7 Å². The Balaban J connectivity index is 2.04. The summed E-state index contributed by atoms with van der Waals surface area (Å²) in [4.78, 5) is 25.9. The minimum atomic E-state index is -4.06. The summed E-state index contributed by atoms with van der Waals surface area (Å²) in [5.41, 5.74) is 0.598. The number of carbonyl (C=O) groups is 2. The van der Waals surface area contributed by atoms with Crippen molar-refractivity contribution in [2.75, 3.05) is 23.1 Å². The predicted octanol–water partition coefficient (Wildman–Crippen LogP) is 3.91. The average molecular weight is 450 g/mol. The third-order valence-electron chi connectivity index (χ3n) is 4.79. The smallest absolute Gasteiger partial charge is 0.262 e. The van der Waals surface area contributed by atoms with Crippen LogP contribution in [-0.4, -0.2) is 38.2 Å². The van der Waals surface area contributed by atoms with Crippen LogP contribution < -0.4 is 10.0 Å². The van der Waals surface area contributed by atoms with Gasteiger partial charge in [0.05, 0.1) is 10.6 Å². The number of aryl methyl sites for hydroxylation is 1. The lowest BCUT2D eigenvalue weighted by Crippen LogP contribution is -2.30. The Bertz CT molecular complexity index is 1040. The van der Waals surface area contributed by atoms with E-state index >= 15 is 0 Å². The lowest BCUT2D eigenvalue weighted by molar-refractivity contribution is -0.131. The molecule has 0 saturated carbocycles. The molecule has 0 bridgehead atoms. The lowest BCUT2D eigenvalue weighted by atomic mass is 10.2. The standard InChI is InChI=1S/C22H28FN3O4S/c1-4-26(5-2)22(28)12-8-11-21(27)24-17-14-13-16(3)20(15-17)31(29,30)25-19-10-7-6-9-18(19)23/h6-7,9-10,13-15,25H,4-5,8,11-12H2,1-3H3,(H,24,27). The summed E-state index contributed by atoms with van der Waals surface area (Å²) in [6.07, 6.45) is 0.804. The minimum absolute atomic E-state index is 0.000680. The fourth-order valence-electron chi connectivity index (χ4n) is 3.07. The number of hydrogen-bond acceptors (Lipinski definition) is 4. The van der Waals surface area contributed by atoms with Crippen molar-refractivity contribution in [3.05, 3.63) is 53.8 Å². The Morgan fingerprint density at radius 2 is 1.71 bits per heavy atom. The highest BCUT2D eigenvalue weighted by atomic mass is 32.2. The molecule has 0 radical (unpaired) electrons.